The Morgan fingerprint density at radius 2 is 1.90 bits per heavy atom. The smallest absolute Gasteiger partial charge is 0.298 e. The number of hydrogen-bond acceptors (Lipinski definition) is 3. The van der Waals surface area contributed by atoms with Crippen LogP contribution in [0.25, 0.3) is 0 Å². The fraction of sp³-hybridized carbons (Fsp3) is 0.133. The SMILES string of the molecule is O=COc1cccc(COCc2ccc(Cl)cc2Cl)c1. The molecule has 104 valence electrons. The summed E-state index contributed by atoms with van der Waals surface area (Å²) in [5.74, 6) is 0.491. The summed E-state index contributed by atoms with van der Waals surface area (Å²) in [4.78, 5) is 10.3. The summed E-state index contributed by atoms with van der Waals surface area (Å²) in [6, 6.07) is 12.4. The molecule has 0 aliphatic rings. The molecule has 2 aromatic carbocycles. The molecule has 2 aromatic rings. The fourth-order valence-corrected chi connectivity index (χ4v) is 2.14. The number of ether oxygens (including phenoxy) is 2. The van der Waals surface area contributed by atoms with Gasteiger partial charge in [-0.25, -0.2) is 0 Å². The van der Waals surface area contributed by atoms with E-state index in [0.29, 0.717) is 35.5 Å². The van der Waals surface area contributed by atoms with Gasteiger partial charge in [-0.05, 0) is 35.4 Å². The monoisotopic (exact) mass is 310 g/mol. The number of hydrogen-bond donors (Lipinski definition) is 0. The first-order chi connectivity index (χ1) is 9.69. The van der Waals surface area contributed by atoms with E-state index in [2.05, 4.69) is 0 Å². The maximum Gasteiger partial charge on any atom is 0.298 e. The van der Waals surface area contributed by atoms with Crippen LogP contribution in [0, 0.1) is 0 Å². The van der Waals surface area contributed by atoms with Gasteiger partial charge in [-0.15, -0.1) is 0 Å². The van der Waals surface area contributed by atoms with Crippen LogP contribution in [-0.4, -0.2) is 6.47 Å². The zero-order valence-corrected chi connectivity index (χ0v) is 12.0. The average molecular weight is 311 g/mol. The van der Waals surface area contributed by atoms with E-state index < -0.39 is 0 Å². The average Bonchev–Trinajstić information content (AvgIpc) is 2.42. The van der Waals surface area contributed by atoms with Gasteiger partial charge in [-0.3, -0.25) is 4.79 Å². The van der Waals surface area contributed by atoms with E-state index >= 15 is 0 Å². The number of halogens is 2. The molecule has 0 saturated carbocycles. The number of benzene rings is 2. The van der Waals surface area contributed by atoms with E-state index in [-0.39, 0.29) is 0 Å². The predicted octanol–water partition coefficient (Wildman–Crippen LogP) is 4.25. The zero-order chi connectivity index (χ0) is 14.4. The van der Waals surface area contributed by atoms with Gasteiger partial charge in [0.2, 0.25) is 0 Å². The highest BCUT2D eigenvalue weighted by Crippen LogP contribution is 2.22. The molecule has 0 bridgehead atoms. The zero-order valence-electron chi connectivity index (χ0n) is 10.5. The first kappa shape index (κ1) is 14.9. The Hall–Kier alpha value is -1.55. The molecule has 0 radical (unpaired) electrons. The summed E-state index contributed by atoms with van der Waals surface area (Å²) >= 11 is 11.9. The topological polar surface area (TPSA) is 35.5 Å². The Labute approximate surface area is 127 Å². The van der Waals surface area contributed by atoms with Crippen LogP contribution < -0.4 is 4.74 Å². The molecule has 0 fully saturated rings. The van der Waals surface area contributed by atoms with Gasteiger partial charge in [0, 0.05) is 10.0 Å². The van der Waals surface area contributed by atoms with Crippen LogP contribution in [0.3, 0.4) is 0 Å². The lowest BCUT2D eigenvalue weighted by molar-refractivity contribution is -0.120. The Morgan fingerprint density at radius 1 is 1.05 bits per heavy atom. The van der Waals surface area contributed by atoms with E-state index in [9.17, 15) is 4.79 Å². The number of carbonyl (C=O) groups excluding carboxylic acids is 1. The van der Waals surface area contributed by atoms with Gasteiger partial charge < -0.3 is 9.47 Å². The van der Waals surface area contributed by atoms with E-state index in [0.717, 1.165) is 11.1 Å². The highest BCUT2D eigenvalue weighted by Gasteiger charge is 2.02. The van der Waals surface area contributed by atoms with Gasteiger partial charge in [0.05, 0.1) is 13.2 Å². The molecule has 0 saturated heterocycles. The fourth-order valence-electron chi connectivity index (χ4n) is 1.68. The van der Waals surface area contributed by atoms with Crippen molar-refractivity contribution < 1.29 is 14.3 Å². The molecule has 0 amide bonds. The third kappa shape index (κ3) is 4.23. The van der Waals surface area contributed by atoms with E-state index in [1.807, 2.05) is 12.1 Å². The van der Waals surface area contributed by atoms with Crippen molar-refractivity contribution in [3.63, 3.8) is 0 Å². The van der Waals surface area contributed by atoms with Gasteiger partial charge in [0.15, 0.2) is 0 Å². The molecule has 0 heterocycles. The lowest BCUT2D eigenvalue weighted by Gasteiger charge is -2.07. The van der Waals surface area contributed by atoms with Crippen LogP contribution in [-0.2, 0) is 22.7 Å². The van der Waals surface area contributed by atoms with Crippen LogP contribution in [0.2, 0.25) is 10.0 Å². The minimum Gasteiger partial charge on any atom is -0.429 e. The van der Waals surface area contributed by atoms with Crippen LogP contribution in [0.5, 0.6) is 5.75 Å². The molecule has 0 N–H and O–H groups in total. The Bertz CT molecular complexity index is 599. The van der Waals surface area contributed by atoms with Gasteiger partial charge >= 0.3 is 0 Å². The Balaban J connectivity index is 1.92. The van der Waals surface area contributed by atoms with Crippen molar-refractivity contribution in [3.05, 3.63) is 63.6 Å². The molecule has 0 unspecified atom stereocenters. The van der Waals surface area contributed by atoms with Crippen molar-refractivity contribution in [1.82, 2.24) is 0 Å². The summed E-state index contributed by atoms with van der Waals surface area (Å²) < 4.78 is 10.4. The first-order valence-electron chi connectivity index (χ1n) is 5.90. The van der Waals surface area contributed by atoms with Crippen molar-refractivity contribution in [3.8, 4) is 5.75 Å². The van der Waals surface area contributed by atoms with Crippen LogP contribution in [0.1, 0.15) is 11.1 Å². The molecular weight excluding hydrogens is 299 g/mol. The molecule has 0 atom stereocenters. The standard InChI is InChI=1S/C15H12Cl2O3/c16-13-5-4-12(15(17)7-13)9-19-8-11-2-1-3-14(6-11)20-10-18/h1-7,10H,8-9H2. The van der Waals surface area contributed by atoms with Gasteiger partial charge in [0.1, 0.15) is 5.75 Å². The third-order valence-corrected chi connectivity index (χ3v) is 3.21. The van der Waals surface area contributed by atoms with E-state index in [1.54, 1.807) is 30.3 Å². The summed E-state index contributed by atoms with van der Waals surface area (Å²) in [6.07, 6.45) is 0. The van der Waals surface area contributed by atoms with Crippen molar-refractivity contribution in [2.24, 2.45) is 0 Å². The molecule has 0 spiro atoms. The molecular formula is C15H12Cl2O3. The Morgan fingerprint density at radius 3 is 2.65 bits per heavy atom. The molecule has 0 aliphatic carbocycles. The van der Waals surface area contributed by atoms with E-state index in [1.165, 1.54) is 0 Å². The summed E-state index contributed by atoms with van der Waals surface area (Å²) in [5.41, 5.74) is 1.78. The largest absolute Gasteiger partial charge is 0.429 e. The molecule has 0 aliphatic heterocycles. The van der Waals surface area contributed by atoms with E-state index in [4.69, 9.17) is 32.7 Å². The van der Waals surface area contributed by atoms with Crippen molar-refractivity contribution in [1.29, 1.82) is 0 Å². The van der Waals surface area contributed by atoms with Gasteiger partial charge in [-0.2, -0.15) is 0 Å². The van der Waals surface area contributed by atoms with Gasteiger partial charge in [-0.1, -0.05) is 41.4 Å². The highest BCUT2D eigenvalue weighted by molar-refractivity contribution is 6.35. The maximum absolute atomic E-state index is 10.3. The van der Waals surface area contributed by atoms with Crippen molar-refractivity contribution in [2.75, 3.05) is 0 Å². The third-order valence-electron chi connectivity index (χ3n) is 2.62. The maximum atomic E-state index is 10.3. The number of rotatable bonds is 6. The molecule has 0 aromatic heterocycles. The van der Waals surface area contributed by atoms with Crippen LogP contribution >= 0.6 is 23.2 Å². The minimum atomic E-state index is 0.384. The van der Waals surface area contributed by atoms with Gasteiger partial charge in [0.25, 0.3) is 6.47 Å². The second kappa shape index (κ2) is 7.29. The Kier molecular flexibility index (Phi) is 5.41. The molecule has 3 nitrogen and oxygen atoms in total. The van der Waals surface area contributed by atoms with Crippen LogP contribution in [0.4, 0.5) is 0 Å². The lowest BCUT2D eigenvalue weighted by Crippen LogP contribution is -1.96. The number of carbonyl (C=O) groups is 1. The molecule has 20 heavy (non-hydrogen) atoms. The second-order valence-corrected chi connectivity index (χ2v) is 4.93. The highest BCUT2D eigenvalue weighted by atomic mass is 35.5. The first-order valence-corrected chi connectivity index (χ1v) is 6.65. The summed E-state index contributed by atoms with van der Waals surface area (Å²) in [7, 11) is 0. The normalized spacial score (nSPS) is 10.3. The second-order valence-electron chi connectivity index (χ2n) is 4.09. The summed E-state index contributed by atoms with van der Waals surface area (Å²) in [6.45, 7) is 1.18. The molecule has 5 heteroatoms. The predicted molar refractivity (Wildman–Crippen MR) is 78.1 cm³/mol. The summed E-state index contributed by atoms with van der Waals surface area (Å²) in [5, 5.41) is 1.17. The lowest BCUT2D eigenvalue weighted by atomic mass is 10.2. The van der Waals surface area contributed by atoms with Crippen LogP contribution in [0.15, 0.2) is 42.5 Å². The quantitative estimate of drug-likeness (QED) is 0.748. The van der Waals surface area contributed by atoms with Crippen molar-refractivity contribution >= 4 is 29.7 Å². The van der Waals surface area contributed by atoms with Crippen molar-refractivity contribution in [2.45, 2.75) is 13.2 Å². The molecule has 2 rings (SSSR count). The minimum absolute atomic E-state index is 0.384.